The highest BCUT2D eigenvalue weighted by Gasteiger charge is 2.33. The van der Waals surface area contributed by atoms with E-state index in [-0.39, 0.29) is 5.92 Å². The Labute approximate surface area is 140 Å². The number of alkyl halides is 3. The first kappa shape index (κ1) is 16.8. The number of hydrogen-bond donors (Lipinski definition) is 1. The number of aryl methyl sites for hydroxylation is 1. The van der Waals surface area contributed by atoms with E-state index < -0.39 is 11.9 Å². The smallest absolute Gasteiger partial charge is 0.351 e. The number of fused-ring (bicyclic) bond motifs is 1. The van der Waals surface area contributed by atoms with E-state index in [1.165, 1.54) is 17.2 Å². The molecular weight excluding hydrogens is 313 g/mol. The van der Waals surface area contributed by atoms with Crippen LogP contribution in [0, 0.1) is 0 Å². The fourth-order valence-electron chi connectivity index (χ4n) is 3.28. The molecule has 0 fully saturated rings. The number of allylic oxidation sites excluding steroid dienone is 1. The molecule has 5 heteroatoms. The number of aromatic amines is 1. The van der Waals surface area contributed by atoms with Gasteiger partial charge in [0.05, 0.1) is 0 Å². The molecule has 0 saturated carbocycles. The van der Waals surface area contributed by atoms with Crippen molar-refractivity contribution in [3.63, 3.8) is 0 Å². The van der Waals surface area contributed by atoms with Gasteiger partial charge in [-0.15, -0.1) is 0 Å². The minimum absolute atomic E-state index is 0.219. The second kappa shape index (κ2) is 6.48. The van der Waals surface area contributed by atoms with Crippen molar-refractivity contribution in [3.8, 4) is 0 Å². The van der Waals surface area contributed by atoms with Crippen LogP contribution in [-0.4, -0.2) is 24.0 Å². The van der Waals surface area contributed by atoms with Crippen molar-refractivity contribution < 1.29 is 13.2 Å². The van der Waals surface area contributed by atoms with Crippen molar-refractivity contribution in [2.45, 2.75) is 31.5 Å². The Bertz CT molecular complexity index is 741. The van der Waals surface area contributed by atoms with Gasteiger partial charge in [-0.25, -0.2) is 0 Å². The Balaban J connectivity index is 1.87. The third-order valence-electron chi connectivity index (χ3n) is 4.40. The van der Waals surface area contributed by atoms with Crippen molar-refractivity contribution >= 4 is 6.08 Å². The fourth-order valence-corrected chi connectivity index (χ4v) is 3.28. The molecule has 1 aromatic carbocycles. The van der Waals surface area contributed by atoms with Crippen LogP contribution in [0.15, 0.2) is 36.4 Å². The summed E-state index contributed by atoms with van der Waals surface area (Å²) in [5, 5.41) is 0. The van der Waals surface area contributed by atoms with Crippen molar-refractivity contribution in [2.24, 2.45) is 0 Å². The number of benzene rings is 1. The molecule has 3 rings (SSSR count). The fraction of sp³-hybridized carbons (Fsp3) is 0.368. The van der Waals surface area contributed by atoms with Crippen LogP contribution in [0.4, 0.5) is 13.2 Å². The monoisotopic (exact) mass is 334 g/mol. The zero-order valence-corrected chi connectivity index (χ0v) is 13.8. The largest absolute Gasteiger partial charge is 0.431 e. The summed E-state index contributed by atoms with van der Waals surface area (Å²) in [6, 6.07) is 9.53. The molecule has 24 heavy (non-hydrogen) atoms. The Kier molecular flexibility index (Phi) is 4.54. The second-order valence-corrected chi connectivity index (χ2v) is 6.56. The number of halogens is 3. The van der Waals surface area contributed by atoms with Crippen molar-refractivity contribution in [1.29, 1.82) is 0 Å². The zero-order chi connectivity index (χ0) is 17.3. The predicted octanol–water partition coefficient (Wildman–Crippen LogP) is 4.84. The summed E-state index contributed by atoms with van der Waals surface area (Å²) in [6.45, 7) is 0.851. The molecule has 0 saturated heterocycles. The maximum absolute atomic E-state index is 12.8. The summed E-state index contributed by atoms with van der Waals surface area (Å²) >= 11 is 0. The molecule has 0 amide bonds. The van der Waals surface area contributed by atoms with E-state index in [1.54, 1.807) is 6.08 Å². The van der Waals surface area contributed by atoms with Gasteiger partial charge in [-0.1, -0.05) is 30.3 Å². The lowest BCUT2D eigenvalue weighted by atomic mass is 9.90. The summed E-state index contributed by atoms with van der Waals surface area (Å²) in [4.78, 5) is 4.63. The standard InChI is InChI=1S/C19H21F3N2/c1-24(2)12-15-5-3-4-6-16(15)13-7-8-14-11-18(19(20,21)22)23-17(14)10-9-13/h3-6,9-11,13,23H,7-8,12H2,1-2H3. The average Bonchev–Trinajstić information content (AvgIpc) is 2.82. The van der Waals surface area contributed by atoms with Gasteiger partial charge in [0.15, 0.2) is 0 Å². The van der Waals surface area contributed by atoms with Crippen LogP contribution in [0.5, 0.6) is 0 Å². The third-order valence-corrected chi connectivity index (χ3v) is 4.40. The van der Waals surface area contributed by atoms with Gasteiger partial charge < -0.3 is 9.88 Å². The summed E-state index contributed by atoms with van der Waals surface area (Å²) in [7, 11) is 4.06. The number of hydrogen-bond acceptors (Lipinski definition) is 1. The highest BCUT2D eigenvalue weighted by atomic mass is 19.4. The van der Waals surface area contributed by atoms with Gasteiger partial charge in [-0.3, -0.25) is 0 Å². The number of nitrogens with one attached hydrogen (secondary N) is 1. The molecule has 0 bridgehead atoms. The van der Waals surface area contributed by atoms with Gasteiger partial charge >= 0.3 is 6.18 Å². The molecule has 0 spiro atoms. The molecule has 1 aliphatic carbocycles. The van der Waals surface area contributed by atoms with E-state index >= 15 is 0 Å². The molecule has 1 atom stereocenters. The SMILES string of the molecule is CN(C)Cc1ccccc1C1C=Cc2[nH]c(C(F)(F)F)cc2CC1. The van der Waals surface area contributed by atoms with Gasteiger partial charge in [0, 0.05) is 18.2 Å². The summed E-state index contributed by atoms with van der Waals surface area (Å²) in [5.41, 5.74) is 3.17. The summed E-state index contributed by atoms with van der Waals surface area (Å²) < 4.78 is 38.5. The Hall–Kier alpha value is -2.01. The molecule has 0 aliphatic heterocycles. The summed E-state index contributed by atoms with van der Waals surface area (Å²) in [6.07, 6.45) is 0.947. The van der Waals surface area contributed by atoms with Crippen molar-refractivity contribution in [1.82, 2.24) is 9.88 Å². The topological polar surface area (TPSA) is 19.0 Å². The minimum Gasteiger partial charge on any atom is -0.351 e. The number of nitrogens with zero attached hydrogens (tertiary/aromatic N) is 1. The minimum atomic E-state index is -4.32. The van der Waals surface area contributed by atoms with Crippen molar-refractivity contribution in [2.75, 3.05) is 14.1 Å². The first-order valence-corrected chi connectivity index (χ1v) is 8.04. The van der Waals surface area contributed by atoms with Crippen molar-refractivity contribution in [3.05, 3.63) is 64.5 Å². The number of aromatic nitrogens is 1. The second-order valence-electron chi connectivity index (χ2n) is 6.56. The Morgan fingerprint density at radius 2 is 1.96 bits per heavy atom. The Morgan fingerprint density at radius 1 is 1.21 bits per heavy atom. The Morgan fingerprint density at radius 3 is 2.67 bits per heavy atom. The maximum atomic E-state index is 12.8. The van der Waals surface area contributed by atoms with Crippen LogP contribution in [0.3, 0.4) is 0 Å². The lowest BCUT2D eigenvalue weighted by Crippen LogP contribution is -2.13. The van der Waals surface area contributed by atoms with E-state index in [0.717, 1.165) is 18.5 Å². The maximum Gasteiger partial charge on any atom is 0.431 e. The molecule has 2 nitrogen and oxygen atoms in total. The molecule has 1 aromatic heterocycles. The van der Waals surface area contributed by atoms with Gasteiger partial charge in [0.2, 0.25) is 0 Å². The van der Waals surface area contributed by atoms with Gasteiger partial charge in [-0.2, -0.15) is 13.2 Å². The van der Waals surface area contributed by atoms with Crippen LogP contribution in [0.2, 0.25) is 0 Å². The van der Waals surface area contributed by atoms with E-state index in [0.29, 0.717) is 12.1 Å². The first-order chi connectivity index (χ1) is 11.3. The zero-order valence-electron chi connectivity index (χ0n) is 13.8. The molecule has 1 unspecified atom stereocenters. The predicted molar refractivity (Wildman–Crippen MR) is 89.7 cm³/mol. The third kappa shape index (κ3) is 3.56. The molecule has 0 radical (unpaired) electrons. The molecule has 1 N–H and O–H groups in total. The molecule has 1 aliphatic rings. The molecule has 128 valence electrons. The van der Waals surface area contributed by atoms with Gasteiger partial charge in [0.1, 0.15) is 5.69 Å². The van der Waals surface area contributed by atoms with E-state index in [2.05, 4.69) is 22.0 Å². The number of rotatable bonds is 3. The van der Waals surface area contributed by atoms with Crippen LogP contribution in [0.1, 0.15) is 40.4 Å². The van der Waals surface area contributed by atoms with Crippen LogP contribution in [0.25, 0.3) is 6.08 Å². The van der Waals surface area contributed by atoms with Crippen LogP contribution >= 0.6 is 0 Å². The van der Waals surface area contributed by atoms with Crippen LogP contribution < -0.4 is 0 Å². The molecule has 2 aromatic rings. The number of H-pyrrole nitrogens is 1. The van der Waals surface area contributed by atoms with E-state index in [4.69, 9.17) is 0 Å². The lowest BCUT2D eigenvalue weighted by molar-refractivity contribution is -0.140. The highest BCUT2D eigenvalue weighted by Crippen LogP contribution is 2.35. The lowest BCUT2D eigenvalue weighted by Gasteiger charge is -2.19. The quantitative estimate of drug-likeness (QED) is 0.851. The van der Waals surface area contributed by atoms with Gasteiger partial charge in [0.25, 0.3) is 0 Å². The van der Waals surface area contributed by atoms with E-state index in [9.17, 15) is 13.2 Å². The van der Waals surface area contributed by atoms with E-state index in [1.807, 2.05) is 32.3 Å². The summed E-state index contributed by atoms with van der Waals surface area (Å²) in [5.74, 6) is 0.219. The molecule has 1 heterocycles. The highest BCUT2D eigenvalue weighted by molar-refractivity contribution is 5.55. The normalized spacial score (nSPS) is 17.8. The first-order valence-electron chi connectivity index (χ1n) is 8.04. The molecular formula is C19H21F3N2. The van der Waals surface area contributed by atoms with Crippen LogP contribution in [-0.2, 0) is 19.1 Å². The van der Waals surface area contributed by atoms with Gasteiger partial charge in [-0.05, 0) is 55.8 Å². The average molecular weight is 334 g/mol.